The van der Waals surface area contributed by atoms with Crippen molar-refractivity contribution in [1.29, 1.82) is 0 Å². The molecule has 1 aromatic rings. The largest absolute Gasteiger partial charge is 0.469 e. The molecule has 2 saturated heterocycles. The van der Waals surface area contributed by atoms with Crippen LogP contribution in [0.4, 0.5) is 0 Å². The predicted octanol–water partition coefficient (Wildman–Crippen LogP) is 1.67. The van der Waals surface area contributed by atoms with Gasteiger partial charge in [0.05, 0.1) is 13.0 Å². The maximum atomic E-state index is 12.2. The number of amides is 1. The third kappa shape index (κ3) is 3.72. The summed E-state index contributed by atoms with van der Waals surface area (Å²) in [6.45, 7) is 3.47. The Kier molecular flexibility index (Phi) is 4.96. The van der Waals surface area contributed by atoms with E-state index in [1.165, 1.54) is 12.7 Å². The minimum Gasteiger partial charge on any atom is -0.469 e. The van der Waals surface area contributed by atoms with Gasteiger partial charge in [0.25, 0.3) is 0 Å². The molecule has 0 spiro atoms. The van der Waals surface area contributed by atoms with Crippen LogP contribution in [0, 0.1) is 5.92 Å². The second-order valence-electron chi connectivity index (χ2n) is 6.46. The molecule has 2 aliphatic rings. The Morgan fingerprint density at radius 2 is 1.91 bits per heavy atom. The lowest BCUT2D eigenvalue weighted by molar-refractivity contribution is -0.145. The first kappa shape index (κ1) is 16.0. The lowest BCUT2D eigenvalue weighted by Crippen LogP contribution is -2.45. The number of methoxy groups -OCH3 is 1. The lowest BCUT2D eigenvalue weighted by Gasteiger charge is -2.36. The van der Waals surface area contributed by atoms with Gasteiger partial charge in [-0.3, -0.25) is 14.5 Å². The number of nitrogens with zero attached hydrogens (tertiary/aromatic N) is 2. The average Bonchev–Trinajstić information content (AvgIpc) is 2.98. The van der Waals surface area contributed by atoms with Gasteiger partial charge in [-0.05, 0) is 18.4 Å². The Morgan fingerprint density at radius 3 is 2.57 bits per heavy atom. The first-order valence-corrected chi connectivity index (χ1v) is 8.31. The normalized spacial score (nSPS) is 23.3. The van der Waals surface area contributed by atoms with Gasteiger partial charge in [0, 0.05) is 38.6 Å². The van der Waals surface area contributed by atoms with E-state index in [1.54, 1.807) is 0 Å². The van der Waals surface area contributed by atoms with E-state index >= 15 is 0 Å². The van der Waals surface area contributed by atoms with Crippen molar-refractivity contribution in [2.24, 2.45) is 5.92 Å². The summed E-state index contributed by atoms with van der Waals surface area (Å²) < 4.78 is 4.78. The van der Waals surface area contributed by atoms with Crippen molar-refractivity contribution in [2.75, 3.05) is 26.7 Å². The van der Waals surface area contributed by atoms with Crippen LogP contribution in [0.5, 0.6) is 0 Å². The number of hydrogen-bond donors (Lipinski definition) is 0. The van der Waals surface area contributed by atoms with E-state index < -0.39 is 0 Å². The highest BCUT2D eigenvalue weighted by Gasteiger charge is 2.39. The van der Waals surface area contributed by atoms with E-state index in [0.29, 0.717) is 13.0 Å². The van der Waals surface area contributed by atoms with Crippen LogP contribution >= 0.6 is 0 Å². The fourth-order valence-electron chi connectivity index (χ4n) is 3.64. The summed E-state index contributed by atoms with van der Waals surface area (Å²) >= 11 is 0. The maximum absolute atomic E-state index is 12.2. The van der Waals surface area contributed by atoms with Crippen molar-refractivity contribution >= 4 is 11.9 Å². The van der Waals surface area contributed by atoms with E-state index in [4.69, 9.17) is 4.74 Å². The molecule has 5 nitrogen and oxygen atoms in total. The summed E-state index contributed by atoms with van der Waals surface area (Å²) in [6.07, 6.45) is 2.26. The molecule has 1 atom stereocenters. The van der Waals surface area contributed by atoms with Gasteiger partial charge < -0.3 is 9.64 Å². The molecular weight excluding hydrogens is 292 g/mol. The molecule has 5 heteroatoms. The van der Waals surface area contributed by atoms with Crippen molar-refractivity contribution in [3.05, 3.63) is 35.9 Å². The number of hydrogen-bond acceptors (Lipinski definition) is 4. The van der Waals surface area contributed by atoms with Gasteiger partial charge in [0.1, 0.15) is 0 Å². The third-order valence-corrected chi connectivity index (χ3v) is 4.94. The highest BCUT2D eigenvalue weighted by molar-refractivity contribution is 5.87. The van der Waals surface area contributed by atoms with Crippen LogP contribution in [0.3, 0.4) is 0 Å². The Morgan fingerprint density at radius 1 is 1.22 bits per heavy atom. The second kappa shape index (κ2) is 7.13. The van der Waals surface area contributed by atoms with Crippen LogP contribution in [-0.4, -0.2) is 54.5 Å². The molecule has 124 valence electrons. The van der Waals surface area contributed by atoms with Crippen molar-refractivity contribution in [1.82, 2.24) is 9.80 Å². The van der Waals surface area contributed by atoms with Crippen LogP contribution in [0.25, 0.3) is 0 Å². The summed E-state index contributed by atoms with van der Waals surface area (Å²) in [7, 11) is 1.39. The first-order chi connectivity index (χ1) is 11.2. The summed E-state index contributed by atoms with van der Waals surface area (Å²) in [5.74, 6) is -0.445. The SMILES string of the molecule is COC(=O)[C@@H]1CC(=O)N(C2CCN(Cc3ccccc3)CC2)C1. The van der Waals surface area contributed by atoms with E-state index in [2.05, 4.69) is 29.2 Å². The quantitative estimate of drug-likeness (QED) is 0.793. The number of likely N-dealkylation sites (tertiary alicyclic amines) is 2. The van der Waals surface area contributed by atoms with E-state index in [-0.39, 0.29) is 23.8 Å². The Balaban J connectivity index is 1.51. The predicted molar refractivity (Wildman–Crippen MR) is 86.6 cm³/mol. The molecule has 0 unspecified atom stereocenters. The first-order valence-electron chi connectivity index (χ1n) is 8.31. The zero-order valence-corrected chi connectivity index (χ0v) is 13.6. The Hall–Kier alpha value is -1.88. The van der Waals surface area contributed by atoms with Gasteiger partial charge >= 0.3 is 5.97 Å². The van der Waals surface area contributed by atoms with Crippen molar-refractivity contribution in [2.45, 2.75) is 31.8 Å². The van der Waals surface area contributed by atoms with Gasteiger partial charge in [-0.2, -0.15) is 0 Å². The molecule has 23 heavy (non-hydrogen) atoms. The maximum Gasteiger partial charge on any atom is 0.310 e. The van der Waals surface area contributed by atoms with Crippen LogP contribution in [-0.2, 0) is 20.9 Å². The standard InChI is InChI=1S/C18H24N2O3/c1-23-18(22)15-11-17(21)20(13-15)16-7-9-19(10-8-16)12-14-5-3-2-4-6-14/h2-6,15-16H,7-13H2,1H3/t15-/m1/s1. The molecule has 0 saturated carbocycles. The van der Waals surface area contributed by atoms with Crippen LogP contribution in [0.1, 0.15) is 24.8 Å². The number of carbonyl (C=O) groups excluding carboxylic acids is 2. The van der Waals surface area contributed by atoms with Crippen LogP contribution < -0.4 is 0 Å². The number of carbonyl (C=O) groups is 2. The van der Waals surface area contributed by atoms with Crippen LogP contribution in [0.15, 0.2) is 30.3 Å². The number of ether oxygens (including phenoxy) is 1. The topological polar surface area (TPSA) is 49.9 Å². The summed E-state index contributed by atoms with van der Waals surface area (Å²) in [4.78, 5) is 28.2. The molecule has 0 bridgehead atoms. The number of rotatable bonds is 4. The fourth-order valence-corrected chi connectivity index (χ4v) is 3.64. The van der Waals surface area contributed by atoms with Gasteiger partial charge in [-0.1, -0.05) is 30.3 Å². The molecule has 0 radical (unpaired) electrons. The molecule has 0 aromatic heterocycles. The second-order valence-corrected chi connectivity index (χ2v) is 6.46. The molecule has 2 heterocycles. The summed E-state index contributed by atoms with van der Waals surface area (Å²) in [5.41, 5.74) is 1.33. The highest BCUT2D eigenvalue weighted by Crippen LogP contribution is 2.26. The molecule has 2 fully saturated rings. The third-order valence-electron chi connectivity index (χ3n) is 4.94. The number of esters is 1. The van der Waals surface area contributed by atoms with Crippen LogP contribution in [0.2, 0.25) is 0 Å². The molecule has 1 aromatic carbocycles. The lowest BCUT2D eigenvalue weighted by atomic mass is 10.0. The molecule has 0 N–H and O–H groups in total. The smallest absolute Gasteiger partial charge is 0.310 e. The molecular formula is C18H24N2O3. The zero-order chi connectivity index (χ0) is 16.2. The van der Waals surface area contributed by atoms with Crippen molar-refractivity contribution in [3.8, 4) is 0 Å². The van der Waals surface area contributed by atoms with E-state index in [1.807, 2.05) is 11.0 Å². The number of benzene rings is 1. The van der Waals surface area contributed by atoms with Crippen molar-refractivity contribution in [3.63, 3.8) is 0 Å². The fraction of sp³-hybridized carbons (Fsp3) is 0.556. The van der Waals surface area contributed by atoms with Gasteiger partial charge in [0.2, 0.25) is 5.91 Å². The highest BCUT2D eigenvalue weighted by atomic mass is 16.5. The molecule has 3 rings (SSSR count). The summed E-state index contributed by atoms with van der Waals surface area (Å²) in [5, 5.41) is 0. The van der Waals surface area contributed by atoms with Gasteiger partial charge in [-0.15, -0.1) is 0 Å². The van der Waals surface area contributed by atoms with Gasteiger partial charge in [-0.25, -0.2) is 0 Å². The van der Waals surface area contributed by atoms with Crippen molar-refractivity contribution < 1.29 is 14.3 Å². The van der Waals surface area contributed by atoms with E-state index in [9.17, 15) is 9.59 Å². The zero-order valence-electron chi connectivity index (χ0n) is 13.6. The molecule has 1 amide bonds. The number of piperidine rings is 1. The van der Waals surface area contributed by atoms with Gasteiger partial charge in [0.15, 0.2) is 0 Å². The van der Waals surface area contributed by atoms with E-state index in [0.717, 1.165) is 32.5 Å². The monoisotopic (exact) mass is 316 g/mol. The molecule has 2 aliphatic heterocycles. The molecule has 0 aliphatic carbocycles. The average molecular weight is 316 g/mol. The summed E-state index contributed by atoms with van der Waals surface area (Å²) in [6, 6.07) is 10.7. The minimum atomic E-state index is -0.283. The Bertz CT molecular complexity index is 553. The Labute approximate surface area is 137 Å². The minimum absolute atomic E-state index is 0.0990.